The second-order valence-corrected chi connectivity index (χ2v) is 5.25. The van der Waals surface area contributed by atoms with Crippen LogP contribution in [0.25, 0.3) is 0 Å². The van der Waals surface area contributed by atoms with Gasteiger partial charge in [0, 0.05) is 4.88 Å². The highest BCUT2D eigenvalue weighted by atomic mass is 32.1. The van der Waals surface area contributed by atoms with Gasteiger partial charge in [0.25, 0.3) is 0 Å². The van der Waals surface area contributed by atoms with Gasteiger partial charge in [-0.2, -0.15) is 15.0 Å². The molecule has 7 nitrogen and oxygen atoms in total. The van der Waals surface area contributed by atoms with Gasteiger partial charge in [0.15, 0.2) is 12.4 Å². The highest BCUT2D eigenvalue weighted by Gasteiger charge is 2.14. The van der Waals surface area contributed by atoms with E-state index in [-0.39, 0.29) is 24.3 Å². The summed E-state index contributed by atoms with van der Waals surface area (Å²) in [6.07, 6.45) is 0.893. The summed E-state index contributed by atoms with van der Waals surface area (Å²) in [5.74, 6) is -0.171. The van der Waals surface area contributed by atoms with E-state index in [1.807, 2.05) is 19.9 Å². The molecule has 0 aromatic carbocycles. The Kier molecular flexibility index (Phi) is 4.14. The third-order valence-electron chi connectivity index (χ3n) is 2.59. The molecule has 0 amide bonds. The SMILES string of the molecule is CCc1sc(C(=O)OCc2nc(N)nc(N)n2)cc1C. The summed E-state index contributed by atoms with van der Waals surface area (Å²) in [5.41, 5.74) is 12.0. The number of aryl methyl sites for hydroxylation is 2. The lowest BCUT2D eigenvalue weighted by molar-refractivity contribution is 0.0468. The second-order valence-electron chi connectivity index (χ2n) is 4.11. The first-order valence-corrected chi connectivity index (χ1v) is 6.83. The van der Waals surface area contributed by atoms with E-state index in [4.69, 9.17) is 16.2 Å². The van der Waals surface area contributed by atoms with Crippen LogP contribution in [0.3, 0.4) is 0 Å². The number of anilines is 2. The fraction of sp³-hybridized carbons (Fsp3) is 0.333. The summed E-state index contributed by atoms with van der Waals surface area (Å²) in [7, 11) is 0. The molecule has 2 aromatic heterocycles. The number of hydrogen-bond acceptors (Lipinski definition) is 8. The van der Waals surface area contributed by atoms with Crippen LogP contribution in [0.1, 0.15) is 32.9 Å². The number of rotatable bonds is 4. The molecule has 0 unspecified atom stereocenters. The molecule has 106 valence electrons. The van der Waals surface area contributed by atoms with Crippen LogP contribution < -0.4 is 11.5 Å². The molecule has 0 radical (unpaired) electrons. The number of esters is 1. The first-order chi connectivity index (χ1) is 9.49. The molecule has 0 fully saturated rings. The van der Waals surface area contributed by atoms with Gasteiger partial charge >= 0.3 is 5.97 Å². The maximum atomic E-state index is 11.9. The Hall–Kier alpha value is -2.22. The van der Waals surface area contributed by atoms with Gasteiger partial charge in [0.05, 0.1) is 0 Å². The predicted octanol–water partition coefficient (Wildman–Crippen LogP) is 1.33. The molecule has 2 aromatic rings. The number of carbonyl (C=O) groups is 1. The Morgan fingerprint density at radius 3 is 2.50 bits per heavy atom. The number of nitrogens with zero attached hydrogens (tertiary/aromatic N) is 3. The largest absolute Gasteiger partial charge is 0.453 e. The van der Waals surface area contributed by atoms with E-state index >= 15 is 0 Å². The minimum absolute atomic E-state index is 0.00351. The van der Waals surface area contributed by atoms with E-state index in [0.29, 0.717) is 4.88 Å². The smallest absolute Gasteiger partial charge is 0.348 e. The number of nitrogen functional groups attached to an aromatic ring is 2. The molecule has 0 saturated carbocycles. The average molecular weight is 293 g/mol. The normalized spacial score (nSPS) is 10.5. The van der Waals surface area contributed by atoms with Gasteiger partial charge in [-0.05, 0) is 25.0 Å². The summed E-state index contributed by atoms with van der Waals surface area (Å²) < 4.78 is 5.14. The fourth-order valence-electron chi connectivity index (χ4n) is 1.69. The zero-order chi connectivity index (χ0) is 14.7. The first kappa shape index (κ1) is 14.2. The van der Waals surface area contributed by atoms with Crippen molar-refractivity contribution < 1.29 is 9.53 Å². The zero-order valence-corrected chi connectivity index (χ0v) is 12.0. The lowest BCUT2D eigenvalue weighted by atomic mass is 10.2. The average Bonchev–Trinajstić information content (AvgIpc) is 2.76. The van der Waals surface area contributed by atoms with Crippen LogP contribution >= 0.6 is 11.3 Å². The summed E-state index contributed by atoms with van der Waals surface area (Å²) in [6.45, 7) is 3.93. The summed E-state index contributed by atoms with van der Waals surface area (Å²) in [5, 5.41) is 0. The van der Waals surface area contributed by atoms with Crippen molar-refractivity contribution in [1.29, 1.82) is 0 Å². The summed E-state index contributed by atoms with van der Waals surface area (Å²) in [6, 6.07) is 1.82. The van der Waals surface area contributed by atoms with Gasteiger partial charge in [0.2, 0.25) is 11.9 Å². The van der Waals surface area contributed by atoms with Crippen LogP contribution in [-0.2, 0) is 17.8 Å². The zero-order valence-electron chi connectivity index (χ0n) is 11.2. The van der Waals surface area contributed by atoms with Crippen LogP contribution in [-0.4, -0.2) is 20.9 Å². The molecule has 2 heterocycles. The van der Waals surface area contributed by atoms with E-state index in [9.17, 15) is 4.79 Å². The Morgan fingerprint density at radius 1 is 1.30 bits per heavy atom. The van der Waals surface area contributed by atoms with Crippen LogP contribution in [0.4, 0.5) is 11.9 Å². The molecule has 2 rings (SSSR count). The molecule has 0 aliphatic carbocycles. The van der Waals surface area contributed by atoms with Gasteiger partial charge in [-0.1, -0.05) is 6.92 Å². The topological polar surface area (TPSA) is 117 Å². The van der Waals surface area contributed by atoms with Crippen molar-refractivity contribution in [3.63, 3.8) is 0 Å². The van der Waals surface area contributed by atoms with E-state index < -0.39 is 5.97 Å². The number of hydrogen-bond donors (Lipinski definition) is 2. The van der Waals surface area contributed by atoms with E-state index in [2.05, 4.69) is 15.0 Å². The molecule has 20 heavy (non-hydrogen) atoms. The molecule has 0 atom stereocenters. The van der Waals surface area contributed by atoms with Gasteiger partial charge in [-0.3, -0.25) is 0 Å². The molecule has 0 bridgehead atoms. The second kappa shape index (κ2) is 5.83. The van der Waals surface area contributed by atoms with Gasteiger partial charge < -0.3 is 16.2 Å². The predicted molar refractivity (Wildman–Crippen MR) is 76.2 cm³/mol. The van der Waals surface area contributed by atoms with Crippen molar-refractivity contribution in [3.05, 3.63) is 27.2 Å². The van der Waals surface area contributed by atoms with Gasteiger partial charge in [0.1, 0.15) is 4.88 Å². The van der Waals surface area contributed by atoms with E-state index in [1.165, 1.54) is 16.2 Å². The van der Waals surface area contributed by atoms with Crippen LogP contribution in [0.2, 0.25) is 0 Å². The Bertz CT molecular complexity index is 621. The first-order valence-electron chi connectivity index (χ1n) is 6.02. The number of thiophene rings is 1. The third-order valence-corrected chi connectivity index (χ3v) is 3.95. The summed E-state index contributed by atoms with van der Waals surface area (Å²) in [4.78, 5) is 25.0. The van der Waals surface area contributed by atoms with Crippen LogP contribution in [0.5, 0.6) is 0 Å². The summed E-state index contributed by atoms with van der Waals surface area (Å²) >= 11 is 1.43. The monoisotopic (exact) mass is 293 g/mol. The maximum absolute atomic E-state index is 11.9. The molecular weight excluding hydrogens is 278 g/mol. The fourth-order valence-corrected chi connectivity index (χ4v) is 2.70. The number of nitrogens with two attached hydrogens (primary N) is 2. The molecule has 0 aliphatic rings. The van der Waals surface area contributed by atoms with Crippen molar-refractivity contribution in [1.82, 2.24) is 15.0 Å². The third kappa shape index (κ3) is 3.21. The molecular formula is C12H15N5O2S. The highest BCUT2D eigenvalue weighted by molar-refractivity contribution is 7.14. The quantitative estimate of drug-likeness (QED) is 0.816. The van der Waals surface area contributed by atoms with Gasteiger partial charge in [-0.25, -0.2) is 4.79 Å². The van der Waals surface area contributed by atoms with Crippen molar-refractivity contribution in [3.8, 4) is 0 Å². The van der Waals surface area contributed by atoms with Crippen LogP contribution in [0, 0.1) is 6.92 Å². The van der Waals surface area contributed by atoms with Gasteiger partial charge in [-0.15, -0.1) is 11.3 Å². The highest BCUT2D eigenvalue weighted by Crippen LogP contribution is 2.23. The Balaban J connectivity index is 2.04. The van der Waals surface area contributed by atoms with Crippen molar-refractivity contribution in [2.75, 3.05) is 11.5 Å². The maximum Gasteiger partial charge on any atom is 0.348 e. The van der Waals surface area contributed by atoms with Crippen molar-refractivity contribution in [2.45, 2.75) is 26.9 Å². The number of aromatic nitrogens is 3. The van der Waals surface area contributed by atoms with Crippen molar-refractivity contribution in [2.24, 2.45) is 0 Å². The molecule has 0 spiro atoms. The minimum atomic E-state index is -0.407. The molecule has 0 saturated heterocycles. The molecule has 8 heteroatoms. The Morgan fingerprint density at radius 2 is 1.95 bits per heavy atom. The lowest BCUT2D eigenvalue weighted by Gasteiger charge is -2.03. The lowest BCUT2D eigenvalue weighted by Crippen LogP contribution is -2.10. The van der Waals surface area contributed by atoms with Crippen LogP contribution in [0.15, 0.2) is 6.07 Å². The van der Waals surface area contributed by atoms with Crippen molar-refractivity contribution >= 4 is 29.2 Å². The molecule has 4 N–H and O–H groups in total. The minimum Gasteiger partial charge on any atom is -0.453 e. The standard InChI is InChI=1S/C12H15N5O2S/c1-3-7-6(2)4-8(20-7)10(18)19-5-9-15-11(13)17-12(14)16-9/h4H,3,5H2,1-2H3,(H4,13,14,15,16,17). The number of ether oxygens (including phenoxy) is 1. The number of carbonyl (C=O) groups excluding carboxylic acids is 1. The van der Waals surface area contributed by atoms with E-state index in [0.717, 1.165) is 12.0 Å². The Labute approximate surface area is 120 Å². The molecule has 0 aliphatic heterocycles. The van der Waals surface area contributed by atoms with E-state index in [1.54, 1.807) is 0 Å².